The molecule has 1 aromatic heterocycles. The highest BCUT2D eigenvalue weighted by Gasteiger charge is 2.27. The third-order valence-electron chi connectivity index (χ3n) is 5.26. The Morgan fingerprint density at radius 2 is 1.68 bits per heavy atom. The van der Waals surface area contributed by atoms with Crippen LogP contribution in [0, 0.1) is 12.7 Å². The van der Waals surface area contributed by atoms with E-state index < -0.39 is 0 Å². The van der Waals surface area contributed by atoms with Gasteiger partial charge in [0, 0.05) is 36.6 Å². The van der Waals surface area contributed by atoms with Crippen LogP contribution in [0.4, 0.5) is 4.39 Å². The van der Waals surface area contributed by atoms with Crippen molar-refractivity contribution in [2.75, 3.05) is 26.2 Å². The Kier molecular flexibility index (Phi) is 6.34. The summed E-state index contributed by atoms with van der Waals surface area (Å²) in [6.07, 6.45) is 0.233. The van der Waals surface area contributed by atoms with Gasteiger partial charge in [0.25, 0.3) is 5.91 Å². The third-order valence-corrected chi connectivity index (χ3v) is 6.56. The first-order chi connectivity index (χ1) is 14.9. The minimum atomic E-state index is -0.308. The van der Waals surface area contributed by atoms with Crippen LogP contribution < -0.4 is 0 Å². The Morgan fingerprint density at radius 1 is 1.03 bits per heavy atom. The summed E-state index contributed by atoms with van der Waals surface area (Å²) in [4.78, 5) is 34.6. The summed E-state index contributed by atoms with van der Waals surface area (Å²) in [5, 5.41) is 1.29. The Balaban J connectivity index is 1.41. The van der Waals surface area contributed by atoms with E-state index in [-0.39, 0.29) is 24.1 Å². The van der Waals surface area contributed by atoms with Crippen LogP contribution in [0.2, 0.25) is 5.02 Å². The Hall–Kier alpha value is -2.77. The molecule has 2 heterocycles. The van der Waals surface area contributed by atoms with Crippen LogP contribution in [-0.4, -0.2) is 52.8 Å². The maximum atomic E-state index is 13.3. The molecule has 0 radical (unpaired) electrons. The molecule has 3 aromatic rings. The van der Waals surface area contributed by atoms with Gasteiger partial charge in [0.1, 0.15) is 5.82 Å². The third kappa shape index (κ3) is 4.78. The Bertz CT molecular complexity index is 1110. The molecule has 0 atom stereocenters. The molecule has 1 saturated heterocycles. The fourth-order valence-corrected chi connectivity index (χ4v) is 4.80. The van der Waals surface area contributed by atoms with E-state index in [0.717, 1.165) is 21.1 Å². The van der Waals surface area contributed by atoms with Gasteiger partial charge in [0.2, 0.25) is 5.91 Å². The lowest BCUT2D eigenvalue weighted by Gasteiger charge is -2.35. The van der Waals surface area contributed by atoms with E-state index in [4.69, 9.17) is 11.6 Å². The molecule has 2 amide bonds. The summed E-state index contributed by atoms with van der Waals surface area (Å²) < 4.78 is 13.3. The summed E-state index contributed by atoms with van der Waals surface area (Å²) in [6.45, 7) is 3.76. The molecule has 1 aliphatic rings. The molecule has 0 saturated carbocycles. The Morgan fingerprint density at radius 3 is 2.35 bits per heavy atom. The minimum absolute atomic E-state index is 0.00291. The van der Waals surface area contributed by atoms with E-state index in [0.29, 0.717) is 36.8 Å². The number of hydrogen-bond acceptors (Lipinski definition) is 4. The zero-order valence-electron chi connectivity index (χ0n) is 17.0. The fraction of sp³-hybridized carbons (Fsp3) is 0.261. The van der Waals surface area contributed by atoms with Crippen LogP contribution in [0.3, 0.4) is 0 Å². The van der Waals surface area contributed by atoms with Gasteiger partial charge < -0.3 is 9.80 Å². The van der Waals surface area contributed by atoms with Gasteiger partial charge in [0.15, 0.2) is 0 Å². The van der Waals surface area contributed by atoms with Gasteiger partial charge in [-0.15, -0.1) is 11.3 Å². The van der Waals surface area contributed by atoms with Crippen LogP contribution in [0.5, 0.6) is 0 Å². The van der Waals surface area contributed by atoms with Crippen molar-refractivity contribution in [2.24, 2.45) is 0 Å². The smallest absolute Gasteiger partial charge is 0.255 e. The number of amides is 2. The minimum Gasteiger partial charge on any atom is -0.339 e. The van der Waals surface area contributed by atoms with Gasteiger partial charge in [-0.05, 0) is 43.3 Å². The zero-order valence-corrected chi connectivity index (χ0v) is 18.5. The molecular formula is C23H21ClFN3O2S. The highest BCUT2D eigenvalue weighted by molar-refractivity contribution is 7.12. The van der Waals surface area contributed by atoms with Crippen molar-refractivity contribution in [3.05, 3.63) is 74.8 Å². The normalized spacial score (nSPS) is 14.0. The van der Waals surface area contributed by atoms with Crippen LogP contribution in [0.25, 0.3) is 11.3 Å². The summed E-state index contributed by atoms with van der Waals surface area (Å²) in [5.41, 5.74) is 2.00. The average Bonchev–Trinajstić information content (AvgIpc) is 3.14. The number of thiazole rings is 1. The number of carbonyl (C=O) groups is 2. The summed E-state index contributed by atoms with van der Waals surface area (Å²) in [5.74, 6) is -0.427. The lowest BCUT2D eigenvalue weighted by Crippen LogP contribution is -2.51. The largest absolute Gasteiger partial charge is 0.339 e. The van der Waals surface area contributed by atoms with Crippen molar-refractivity contribution in [3.8, 4) is 11.3 Å². The van der Waals surface area contributed by atoms with Crippen molar-refractivity contribution in [1.82, 2.24) is 14.8 Å². The highest BCUT2D eigenvalue weighted by atomic mass is 35.5. The van der Waals surface area contributed by atoms with E-state index in [2.05, 4.69) is 4.98 Å². The topological polar surface area (TPSA) is 53.5 Å². The number of piperazine rings is 1. The summed E-state index contributed by atoms with van der Waals surface area (Å²) in [7, 11) is 0. The number of nitrogens with zero attached hydrogens (tertiary/aromatic N) is 3. The monoisotopic (exact) mass is 457 g/mol. The molecule has 8 heteroatoms. The van der Waals surface area contributed by atoms with E-state index in [9.17, 15) is 14.0 Å². The molecular weight excluding hydrogens is 437 g/mol. The first-order valence-electron chi connectivity index (χ1n) is 9.96. The van der Waals surface area contributed by atoms with Gasteiger partial charge in [-0.2, -0.15) is 0 Å². The van der Waals surface area contributed by atoms with E-state index in [1.54, 1.807) is 46.2 Å². The van der Waals surface area contributed by atoms with Crippen molar-refractivity contribution in [3.63, 3.8) is 0 Å². The molecule has 0 N–H and O–H groups in total. The standard InChI is InChI=1S/C23H21ClFN3O2S/c1-15-26-22(16-6-8-17(25)9-7-16)20(31-15)14-21(29)27-10-12-28(13-11-27)23(30)18-4-2-3-5-19(18)24/h2-9H,10-14H2,1H3. The van der Waals surface area contributed by atoms with Crippen molar-refractivity contribution < 1.29 is 14.0 Å². The fourth-order valence-electron chi connectivity index (χ4n) is 3.64. The zero-order chi connectivity index (χ0) is 22.0. The van der Waals surface area contributed by atoms with Gasteiger partial charge in [0.05, 0.1) is 27.7 Å². The summed E-state index contributed by atoms with van der Waals surface area (Å²) in [6, 6.07) is 13.1. The van der Waals surface area contributed by atoms with Crippen LogP contribution in [0.15, 0.2) is 48.5 Å². The number of benzene rings is 2. The first-order valence-corrected chi connectivity index (χ1v) is 11.2. The molecule has 160 valence electrons. The number of rotatable bonds is 4. The highest BCUT2D eigenvalue weighted by Crippen LogP contribution is 2.29. The molecule has 1 aliphatic heterocycles. The van der Waals surface area contributed by atoms with Crippen LogP contribution in [-0.2, 0) is 11.2 Å². The van der Waals surface area contributed by atoms with Crippen molar-refractivity contribution in [1.29, 1.82) is 0 Å². The number of hydrogen-bond donors (Lipinski definition) is 0. The van der Waals surface area contributed by atoms with Gasteiger partial charge in [-0.3, -0.25) is 9.59 Å². The average molecular weight is 458 g/mol. The van der Waals surface area contributed by atoms with Gasteiger partial charge >= 0.3 is 0 Å². The lowest BCUT2D eigenvalue weighted by atomic mass is 10.1. The van der Waals surface area contributed by atoms with E-state index in [1.807, 2.05) is 6.92 Å². The van der Waals surface area contributed by atoms with Gasteiger partial charge in [-0.1, -0.05) is 23.7 Å². The first kappa shape index (κ1) is 21.5. The van der Waals surface area contributed by atoms with E-state index in [1.165, 1.54) is 23.5 Å². The molecule has 4 rings (SSSR count). The van der Waals surface area contributed by atoms with E-state index >= 15 is 0 Å². The number of aryl methyl sites for hydroxylation is 1. The number of carbonyl (C=O) groups excluding carboxylic acids is 2. The molecule has 0 aliphatic carbocycles. The second kappa shape index (κ2) is 9.16. The molecule has 2 aromatic carbocycles. The predicted molar refractivity (Wildman–Crippen MR) is 120 cm³/mol. The number of aromatic nitrogens is 1. The van der Waals surface area contributed by atoms with Gasteiger partial charge in [-0.25, -0.2) is 9.37 Å². The van der Waals surface area contributed by atoms with Crippen molar-refractivity contribution >= 4 is 34.8 Å². The lowest BCUT2D eigenvalue weighted by molar-refractivity contribution is -0.131. The summed E-state index contributed by atoms with van der Waals surface area (Å²) >= 11 is 7.62. The second-order valence-corrected chi connectivity index (χ2v) is 9.04. The second-order valence-electron chi connectivity index (χ2n) is 7.34. The molecule has 0 spiro atoms. The molecule has 0 bridgehead atoms. The maximum absolute atomic E-state index is 13.3. The quantitative estimate of drug-likeness (QED) is 0.582. The molecule has 5 nitrogen and oxygen atoms in total. The Labute approximate surface area is 189 Å². The maximum Gasteiger partial charge on any atom is 0.255 e. The molecule has 1 fully saturated rings. The van der Waals surface area contributed by atoms with Crippen molar-refractivity contribution in [2.45, 2.75) is 13.3 Å². The number of halogens is 2. The molecule has 31 heavy (non-hydrogen) atoms. The molecule has 0 unspecified atom stereocenters. The van der Waals surface area contributed by atoms with Crippen LogP contribution >= 0.6 is 22.9 Å². The SMILES string of the molecule is Cc1nc(-c2ccc(F)cc2)c(CC(=O)N2CCN(C(=O)c3ccccc3Cl)CC2)s1. The van der Waals surface area contributed by atoms with Crippen LogP contribution in [0.1, 0.15) is 20.2 Å². The predicted octanol–water partition coefficient (Wildman–Crippen LogP) is 4.44.